The molecule has 0 atom stereocenters. The highest BCUT2D eigenvalue weighted by atomic mass is 32.1. The molecule has 3 aromatic rings. The van der Waals surface area contributed by atoms with E-state index in [2.05, 4.69) is 9.80 Å². The van der Waals surface area contributed by atoms with Crippen LogP contribution in [0, 0.1) is 5.82 Å². The summed E-state index contributed by atoms with van der Waals surface area (Å²) in [6.45, 7) is 3.21. The Morgan fingerprint density at radius 2 is 1.68 bits per heavy atom. The monoisotopic (exact) mass is 398 g/mol. The second-order valence-electron chi connectivity index (χ2n) is 7.62. The number of thiophene rings is 1. The van der Waals surface area contributed by atoms with Crippen LogP contribution in [0.25, 0.3) is 10.2 Å². The second-order valence-corrected chi connectivity index (χ2v) is 8.70. The molecule has 0 spiro atoms. The lowest BCUT2D eigenvalue weighted by Gasteiger charge is -2.37. The molecule has 1 aliphatic carbocycles. The van der Waals surface area contributed by atoms with E-state index < -0.39 is 0 Å². The molecule has 146 valence electrons. The van der Waals surface area contributed by atoms with Gasteiger partial charge in [-0.1, -0.05) is 0 Å². The largest absolute Gasteiger partial charge is 0.368 e. The molecule has 0 radical (unpaired) electrons. The summed E-state index contributed by atoms with van der Waals surface area (Å²) < 4.78 is 14.9. The molecule has 5 nitrogen and oxygen atoms in total. The minimum absolute atomic E-state index is 0.0837. The zero-order valence-corrected chi connectivity index (χ0v) is 16.8. The molecule has 0 unspecified atom stereocenters. The second kappa shape index (κ2) is 6.88. The smallest absolute Gasteiger partial charge is 0.263 e. The van der Waals surface area contributed by atoms with Crippen LogP contribution in [-0.2, 0) is 19.9 Å². The topological polar surface area (TPSA) is 41.4 Å². The first-order valence-corrected chi connectivity index (χ1v) is 10.7. The summed E-state index contributed by atoms with van der Waals surface area (Å²) in [6, 6.07) is 6.64. The van der Waals surface area contributed by atoms with Gasteiger partial charge in [0.2, 0.25) is 5.95 Å². The molecule has 5 rings (SSSR count). The fraction of sp³-hybridized carbons (Fsp3) is 0.429. The average Bonchev–Trinajstić information content (AvgIpc) is 3.10. The molecule has 3 heterocycles. The predicted molar refractivity (Wildman–Crippen MR) is 112 cm³/mol. The molecule has 1 fully saturated rings. The average molecular weight is 399 g/mol. The van der Waals surface area contributed by atoms with Crippen LogP contribution in [0.3, 0.4) is 0 Å². The number of fused-ring (bicyclic) bond motifs is 3. The minimum atomic E-state index is -0.214. The highest BCUT2D eigenvalue weighted by Gasteiger charge is 2.25. The Bertz CT molecular complexity index is 1080. The molecule has 28 heavy (non-hydrogen) atoms. The number of rotatable bonds is 2. The number of piperazine rings is 1. The van der Waals surface area contributed by atoms with Gasteiger partial charge in [0.25, 0.3) is 5.56 Å². The Labute approximate surface area is 167 Å². The zero-order chi connectivity index (χ0) is 19.3. The van der Waals surface area contributed by atoms with Crippen molar-refractivity contribution >= 4 is 33.2 Å². The quantitative estimate of drug-likeness (QED) is 0.664. The van der Waals surface area contributed by atoms with Gasteiger partial charge in [0.05, 0.1) is 5.39 Å². The van der Waals surface area contributed by atoms with Crippen LogP contribution < -0.4 is 15.4 Å². The number of benzene rings is 1. The van der Waals surface area contributed by atoms with Gasteiger partial charge in [-0.25, -0.2) is 9.37 Å². The lowest BCUT2D eigenvalue weighted by Crippen LogP contribution is -2.48. The van der Waals surface area contributed by atoms with Gasteiger partial charge in [-0.05, 0) is 55.5 Å². The number of aryl methyl sites for hydroxylation is 2. The first-order valence-electron chi connectivity index (χ1n) is 9.88. The van der Waals surface area contributed by atoms with Gasteiger partial charge in [-0.15, -0.1) is 11.3 Å². The van der Waals surface area contributed by atoms with Gasteiger partial charge in [0.15, 0.2) is 0 Å². The fourth-order valence-corrected chi connectivity index (χ4v) is 5.62. The van der Waals surface area contributed by atoms with Gasteiger partial charge in [0, 0.05) is 43.8 Å². The van der Waals surface area contributed by atoms with E-state index in [1.54, 1.807) is 15.9 Å². The van der Waals surface area contributed by atoms with Crippen molar-refractivity contribution in [1.29, 1.82) is 0 Å². The van der Waals surface area contributed by atoms with Crippen LogP contribution in [0.1, 0.15) is 23.3 Å². The maximum atomic E-state index is 13.2. The molecular weight excluding hydrogens is 375 g/mol. The van der Waals surface area contributed by atoms with Crippen molar-refractivity contribution in [3.63, 3.8) is 0 Å². The third kappa shape index (κ3) is 2.89. The molecule has 0 saturated carbocycles. The third-order valence-corrected chi connectivity index (χ3v) is 7.11. The molecule has 2 aromatic heterocycles. The molecule has 0 N–H and O–H groups in total. The SMILES string of the molecule is Cn1c(N2CCN(c3ccc(F)cc3)CC2)nc2sc3c(c2c1=O)CCCC3. The molecule has 0 bridgehead atoms. The van der Waals surface area contributed by atoms with Crippen molar-refractivity contribution in [1.82, 2.24) is 9.55 Å². The number of nitrogens with zero attached hydrogens (tertiary/aromatic N) is 4. The Hall–Kier alpha value is -2.41. The molecule has 7 heteroatoms. The molecule has 1 saturated heterocycles. The molecule has 1 aliphatic heterocycles. The van der Waals surface area contributed by atoms with Crippen LogP contribution in [-0.4, -0.2) is 35.7 Å². The first-order chi connectivity index (χ1) is 13.6. The highest BCUT2D eigenvalue weighted by molar-refractivity contribution is 7.18. The van der Waals surface area contributed by atoms with Crippen LogP contribution in [0.4, 0.5) is 16.0 Å². The van der Waals surface area contributed by atoms with E-state index in [0.717, 1.165) is 67.3 Å². The molecule has 0 amide bonds. The van der Waals surface area contributed by atoms with E-state index >= 15 is 0 Å². The summed E-state index contributed by atoms with van der Waals surface area (Å²) in [5.74, 6) is 0.545. The van der Waals surface area contributed by atoms with Crippen LogP contribution in [0.15, 0.2) is 29.1 Å². The Morgan fingerprint density at radius 1 is 1.00 bits per heavy atom. The fourth-order valence-electron chi connectivity index (χ4n) is 4.37. The summed E-state index contributed by atoms with van der Waals surface area (Å²) in [6.07, 6.45) is 4.45. The van der Waals surface area contributed by atoms with Gasteiger partial charge in [0.1, 0.15) is 10.6 Å². The van der Waals surface area contributed by atoms with Crippen molar-refractivity contribution in [3.05, 3.63) is 50.9 Å². The number of hydrogen-bond donors (Lipinski definition) is 0. The summed E-state index contributed by atoms with van der Waals surface area (Å²) in [5, 5.41) is 0.843. The molecular formula is C21H23FN4OS. The van der Waals surface area contributed by atoms with E-state index in [0.29, 0.717) is 0 Å². The Kier molecular flexibility index (Phi) is 4.34. The van der Waals surface area contributed by atoms with Crippen molar-refractivity contribution in [2.75, 3.05) is 36.0 Å². The highest BCUT2D eigenvalue weighted by Crippen LogP contribution is 2.34. The first kappa shape index (κ1) is 17.7. The van der Waals surface area contributed by atoms with Gasteiger partial charge >= 0.3 is 0 Å². The lowest BCUT2D eigenvalue weighted by molar-refractivity contribution is 0.617. The number of aromatic nitrogens is 2. The van der Waals surface area contributed by atoms with Crippen molar-refractivity contribution < 1.29 is 4.39 Å². The number of hydrogen-bond acceptors (Lipinski definition) is 5. The number of anilines is 2. The summed E-state index contributed by atoms with van der Waals surface area (Å²) in [4.78, 5) is 24.7. The van der Waals surface area contributed by atoms with E-state index in [-0.39, 0.29) is 11.4 Å². The van der Waals surface area contributed by atoms with Crippen LogP contribution >= 0.6 is 11.3 Å². The maximum Gasteiger partial charge on any atom is 0.263 e. The predicted octanol–water partition coefficient (Wildman–Crippen LogP) is 3.34. The summed E-state index contributed by atoms with van der Waals surface area (Å²) >= 11 is 1.70. The van der Waals surface area contributed by atoms with Crippen LogP contribution in [0.5, 0.6) is 0 Å². The van der Waals surface area contributed by atoms with Gasteiger partial charge in [-0.3, -0.25) is 9.36 Å². The van der Waals surface area contributed by atoms with Gasteiger partial charge < -0.3 is 9.80 Å². The standard InChI is InChI=1S/C21H23FN4OS/c1-24-20(27)18-16-4-2-3-5-17(16)28-19(18)23-21(24)26-12-10-25(11-13-26)15-8-6-14(22)7-9-15/h6-9H,2-5,10-13H2,1H3. The van der Waals surface area contributed by atoms with Crippen LogP contribution in [0.2, 0.25) is 0 Å². The normalized spacial score (nSPS) is 17.2. The third-order valence-electron chi connectivity index (χ3n) is 5.93. The summed E-state index contributed by atoms with van der Waals surface area (Å²) in [7, 11) is 1.84. The van der Waals surface area contributed by atoms with Crippen molar-refractivity contribution in [2.24, 2.45) is 7.05 Å². The summed E-state index contributed by atoms with van der Waals surface area (Å²) in [5.41, 5.74) is 2.36. The maximum absolute atomic E-state index is 13.2. The van der Waals surface area contributed by atoms with E-state index in [9.17, 15) is 9.18 Å². The Morgan fingerprint density at radius 3 is 2.43 bits per heavy atom. The zero-order valence-electron chi connectivity index (χ0n) is 15.9. The van der Waals surface area contributed by atoms with Crippen molar-refractivity contribution in [3.8, 4) is 0 Å². The Balaban J connectivity index is 1.43. The number of halogens is 1. The van der Waals surface area contributed by atoms with E-state index in [1.807, 2.05) is 19.2 Å². The van der Waals surface area contributed by atoms with E-state index in [4.69, 9.17) is 4.98 Å². The molecule has 1 aromatic carbocycles. The van der Waals surface area contributed by atoms with E-state index in [1.165, 1.54) is 29.0 Å². The minimum Gasteiger partial charge on any atom is -0.368 e. The molecule has 2 aliphatic rings. The van der Waals surface area contributed by atoms with Crippen molar-refractivity contribution in [2.45, 2.75) is 25.7 Å². The lowest BCUT2D eigenvalue weighted by atomic mass is 9.97. The van der Waals surface area contributed by atoms with Gasteiger partial charge in [-0.2, -0.15) is 0 Å².